The van der Waals surface area contributed by atoms with Gasteiger partial charge in [-0.2, -0.15) is 0 Å². The largest absolute Gasteiger partial charge is 0.465 e. The molecule has 0 aromatic carbocycles. The van der Waals surface area contributed by atoms with Crippen LogP contribution in [0.15, 0.2) is 0 Å². The Morgan fingerprint density at radius 2 is 1.95 bits per heavy atom. The molecule has 0 saturated heterocycles. The molecule has 7 heteroatoms. The highest BCUT2D eigenvalue weighted by molar-refractivity contribution is 8.13. The summed E-state index contributed by atoms with van der Waals surface area (Å²) >= 11 is 1.16. The van der Waals surface area contributed by atoms with E-state index in [0.29, 0.717) is 0 Å². The summed E-state index contributed by atoms with van der Waals surface area (Å²) in [5.41, 5.74) is 0. The predicted molar refractivity (Wildman–Crippen MR) is 75.0 cm³/mol. The van der Waals surface area contributed by atoms with Crippen molar-refractivity contribution in [3.05, 3.63) is 0 Å². The second-order valence-corrected chi connectivity index (χ2v) is 4.95. The molecule has 0 rings (SSSR count). The van der Waals surface area contributed by atoms with E-state index in [2.05, 4.69) is 15.4 Å². The lowest BCUT2D eigenvalue weighted by Crippen LogP contribution is -2.45. The minimum atomic E-state index is -0.670. The summed E-state index contributed by atoms with van der Waals surface area (Å²) in [5, 5.41) is 4.73. The van der Waals surface area contributed by atoms with Crippen molar-refractivity contribution in [3.63, 3.8) is 0 Å². The lowest BCUT2D eigenvalue weighted by Gasteiger charge is -2.13. The van der Waals surface area contributed by atoms with E-state index < -0.39 is 17.9 Å². The van der Waals surface area contributed by atoms with Crippen LogP contribution in [0.4, 0.5) is 4.79 Å². The summed E-state index contributed by atoms with van der Waals surface area (Å²) in [6, 6.07) is -0.670. The Kier molecular flexibility index (Phi) is 9.97. The highest BCUT2D eigenvalue weighted by Crippen LogP contribution is 2.05. The van der Waals surface area contributed by atoms with E-state index in [1.807, 2.05) is 6.92 Å². The zero-order valence-electron chi connectivity index (χ0n) is 11.7. The van der Waals surface area contributed by atoms with Crippen LogP contribution < -0.4 is 10.6 Å². The molecule has 0 aliphatic heterocycles. The molecule has 0 aromatic heterocycles. The molecule has 110 valence electrons. The van der Waals surface area contributed by atoms with Gasteiger partial charge in [-0.25, -0.2) is 0 Å². The average molecular weight is 290 g/mol. The maximum absolute atomic E-state index is 11.6. The SMILES string of the molecule is CCCCSC(=O)N[C@@H](C)C(=O)NCC(=O)OCC. The zero-order chi connectivity index (χ0) is 14.7. The summed E-state index contributed by atoms with van der Waals surface area (Å²) in [6.45, 7) is 5.39. The molecule has 0 radical (unpaired) electrons. The van der Waals surface area contributed by atoms with Crippen molar-refractivity contribution in [2.24, 2.45) is 0 Å². The first-order chi connectivity index (χ1) is 9.01. The number of hydrogen-bond donors (Lipinski definition) is 2. The van der Waals surface area contributed by atoms with E-state index in [4.69, 9.17) is 0 Å². The van der Waals surface area contributed by atoms with E-state index in [1.54, 1.807) is 13.8 Å². The number of rotatable bonds is 8. The van der Waals surface area contributed by atoms with E-state index in [9.17, 15) is 14.4 Å². The Labute approximate surface area is 118 Å². The highest BCUT2D eigenvalue weighted by atomic mass is 32.2. The predicted octanol–water partition coefficient (Wildman–Crippen LogP) is 1.30. The van der Waals surface area contributed by atoms with Gasteiger partial charge in [-0.3, -0.25) is 14.4 Å². The minimum absolute atomic E-state index is 0.185. The normalized spacial score (nSPS) is 11.5. The average Bonchev–Trinajstić information content (AvgIpc) is 2.36. The number of hydrogen-bond acceptors (Lipinski definition) is 5. The molecule has 0 fully saturated rings. The van der Waals surface area contributed by atoms with Crippen LogP contribution in [-0.4, -0.2) is 42.1 Å². The molecule has 0 saturated carbocycles. The molecule has 19 heavy (non-hydrogen) atoms. The van der Waals surface area contributed by atoms with Gasteiger partial charge in [0.05, 0.1) is 6.61 Å². The van der Waals surface area contributed by atoms with Crippen molar-refractivity contribution in [2.45, 2.75) is 39.7 Å². The quantitative estimate of drug-likeness (QED) is 0.520. The Morgan fingerprint density at radius 3 is 2.53 bits per heavy atom. The minimum Gasteiger partial charge on any atom is -0.465 e. The molecule has 0 aliphatic carbocycles. The third-order valence-corrected chi connectivity index (χ3v) is 3.04. The van der Waals surface area contributed by atoms with Crippen LogP contribution in [0.1, 0.15) is 33.6 Å². The maximum Gasteiger partial charge on any atom is 0.325 e. The first-order valence-corrected chi connectivity index (χ1v) is 7.36. The number of amides is 2. The van der Waals surface area contributed by atoms with Gasteiger partial charge in [-0.05, 0) is 20.3 Å². The van der Waals surface area contributed by atoms with Gasteiger partial charge in [-0.15, -0.1) is 0 Å². The standard InChI is InChI=1S/C12H22N2O4S/c1-4-6-7-19-12(17)14-9(3)11(16)13-8-10(15)18-5-2/h9H,4-8H2,1-3H3,(H,13,16)(H,14,17)/t9-/m0/s1. The van der Waals surface area contributed by atoms with Crippen LogP contribution in [0.3, 0.4) is 0 Å². The Hall–Kier alpha value is -1.24. The van der Waals surface area contributed by atoms with Gasteiger partial charge in [0, 0.05) is 5.75 Å². The van der Waals surface area contributed by atoms with Crippen molar-refractivity contribution >= 4 is 28.9 Å². The fourth-order valence-electron chi connectivity index (χ4n) is 1.12. The van der Waals surface area contributed by atoms with Gasteiger partial charge in [0.2, 0.25) is 5.91 Å². The number of esters is 1. The number of nitrogens with one attached hydrogen (secondary N) is 2. The van der Waals surface area contributed by atoms with Crippen LogP contribution in [0.25, 0.3) is 0 Å². The van der Waals surface area contributed by atoms with Gasteiger partial charge in [-0.1, -0.05) is 25.1 Å². The van der Waals surface area contributed by atoms with E-state index in [0.717, 1.165) is 30.4 Å². The molecule has 0 aromatic rings. The summed E-state index contributed by atoms with van der Waals surface area (Å²) in [6.07, 6.45) is 1.98. The first-order valence-electron chi connectivity index (χ1n) is 6.37. The van der Waals surface area contributed by atoms with Crippen molar-refractivity contribution in [2.75, 3.05) is 18.9 Å². The lowest BCUT2D eigenvalue weighted by atomic mass is 10.3. The van der Waals surface area contributed by atoms with Crippen LogP contribution in [0.2, 0.25) is 0 Å². The molecular formula is C12H22N2O4S. The highest BCUT2D eigenvalue weighted by Gasteiger charge is 2.16. The molecular weight excluding hydrogens is 268 g/mol. The second-order valence-electron chi connectivity index (χ2n) is 3.88. The fraction of sp³-hybridized carbons (Fsp3) is 0.750. The van der Waals surface area contributed by atoms with Gasteiger partial charge < -0.3 is 15.4 Å². The third kappa shape index (κ3) is 9.35. The van der Waals surface area contributed by atoms with E-state index >= 15 is 0 Å². The molecule has 0 unspecified atom stereocenters. The molecule has 0 heterocycles. The molecule has 0 aliphatic rings. The molecule has 0 spiro atoms. The van der Waals surface area contributed by atoms with Gasteiger partial charge in [0.1, 0.15) is 12.6 Å². The van der Waals surface area contributed by atoms with Crippen molar-refractivity contribution in [1.29, 1.82) is 0 Å². The van der Waals surface area contributed by atoms with Gasteiger partial charge >= 0.3 is 5.97 Å². The van der Waals surface area contributed by atoms with Crippen molar-refractivity contribution in [3.8, 4) is 0 Å². The van der Waals surface area contributed by atoms with E-state index in [1.165, 1.54) is 0 Å². The number of carbonyl (C=O) groups excluding carboxylic acids is 3. The summed E-state index contributed by atoms with van der Waals surface area (Å²) in [4.78, 5) is 34.1. The van der Waals surface area contributed by atoms with Crippen LogP contribution in [0.5, 0.6) is 0 Å². The van der Waals surface area contributed by atoms with Gasteiger partial charge in [0.15, 0.2) is 0 Å². The van der Waals surface area contributed by atoms with Gasteiger partial charge in [0.25, 0.3) is 5.24 Å². The van der Waals surface area contributed by atoms with Crippen molar-refractivity contribution < 1.29 is 19.1 Å². The molecule has 1 atom stereocenters. The van der Waals surface area contributed by atoms with Crippen LogP contribution >= 0.6 is 11.8 Å². The van der Waals surface area contributed by atoms with Crippen LogP contribution in [0, 0.1) is 0 Å². The summed E-state index contributed by atoms with van der Waals surface area (Å²) in [5.74, 6) is -0.163. The molecule has 6 nitrogen and oxygen atoms in total. The van der Waals surface area contributed by atoms with Crippen LogP contribution in [-0.2, 0) is 14.3 Å². The molecule has 2 N–H and O–H groups in total. The number of carbonyl (C=O) groups is 3. The lowest BCUT2D eigenvalue weighted by molar-refractivity contribution is -0.143. The monoisotopic (exact) mass is 290 g/mol. The third-order valence-electron chi connectivity index (χ3n) is 2.17. The fourth-order valence-corrected chi connectivity index (χ4v) is 2.00. The number of ether oxygens (including phenoxy) is 1. The molecule has 2 amide bonds. The Morgan fingerprint density at radius 1 is 1.26 bits per heavy atom. The number of thioether (sulfide) groups is 1. The smallest absolute Gasteiger partial charge is 0.325 e. The summed E-state index contributed by atoms with van der Waals surface area (Å²) < 4.78 is 4.67. The number of unbranched alkanes of at least 4 members (excludes halogenated alkanes) is 1. The van der Waals surface area contributed by atoms with Crippen molar-refractivity contribution in [1.82, 2.24) is 10.6 Å². The Bertz CT molecular complexity index is 310. The first kappa shape index (κ1) is 17.8. The maximum atomic E-state index is 11.6. The molecule has 0 bridgehead atoms. The zero-order valence-corrected chi connectivity index (χ0v) is 12.5. The Balaban J connectivity index is 3.86. The topological polar surface area (TPSA) is 84.5 Å². The second kappa shape index (κ2) is 10.7. The van der Waals surface area contributed by atoms with E-state index in [-0.39, 0.29) is 18.4 Å². The summed E-state index contributed by atoms with van der Waals surface area (Å²) in [7, 11) is 0.